The minimum absolute atomic E-state index is 0.0236. The molecule has 4 rings (SSSR count). The highest BCUT2D eigenvalue weighted by Gasteiger charge is 2.13. The molecule has 0 unspecified atom stereocenters. The van der Waals surface area contributed by atoms with E-state index < -0.39 is 11.5 Å². The van der Waals surface area contributed by atoms with Gasteiger partial charge in [-0.2, -0.15) is 0 Å². The van der Waals surface area contributed by atoms with Crippen molar-refractivity contribution < 1.29 is 4.79 Å². The fourth-order valence-corrected chi connectivity index (χ4v) is 2.72. The molecule has 2 aromatic heterocycles. The Hall–Kier alpha value is -4.17. The fraction of sp³-hybridized carbons (Fsp3) is 0. The van der Waals surface area contributed by atoms with Gasteiger partial charge in [-0.25, -0.2) is 4.98 Å². The molecule has 0 fully saturated rings. The highest BCUT2D eigenvalue weighted by atomic mass is 16.2. The van der Waals surface area contributed by atoms with Crippen molar-refractivity contribution in [1.82, 2.24) is 9.38 Å². The second-order valence-electron chi connectivity index (χ2n) is 6.06. The van der Waals surface area contributed by atoms with Gasteiger partial charge in [0.1, 0.15) is 11.2 Å². The molecular weight excluding hydrogens is 350 g/mol. The van der Waals surface area contributed by atoms with Crippen LogP contribution in [0.5, 0.6) is 0 Å². The van der Waals surface area contributed by atoms with Crippen molar-refractivity contribution in [1.29, 1.82) is 0 Å². The monoisotopic (exact) mass is 365 g/mol. The van der Waals surface area contributed by atoms with Crippen LogP contribution in [0.2, 0.25) is 0 Å². The van der Waals surface area contributed by atoms with Crippen LogP contribution in [0.15, 0.2) is 90.0 Å². The van der Waals surface area contributed by atoms with E-state index in [9.17, 15) is 9.59 Å². The molecule has 0 aliphatic rings. The lowest BCUT2D eigenvalue weighted by Gasteiger charge is -2.06. The zero-order valence-corrected chi connectivity index (χ0v) is 14.8. The average Bonchev–Trinajstić information content (AvgIpc) is 2.74. The van der Waals surface area contributed by atoms with Crippen LogP contribution in [0, 0.1) is 11.8 Å². The van der Waals surface area contributed by atoms with Gasteiger partial charge in [0.15, 0.2) is 0 Å². The molecule has 0 radical (unpaired) electrons. The van der Waals surface area contributed by atoms with Crippen molar-refractivity contribution in [2.24, 2.45) is 0 Å². The molecule has 5 nitrogen and oxygen atoms in total. The molecular formula is C23H15N3O2. The van der Waals surface area contributed by atoms with Gasteiger partial charge in [-0.1, -0.05) is 42.2 Å². The molecule has 28 heavy (non-hydrogen) atoms. The van der Waals surface area contributed by atoms with Gasteiger partial charge in [-0.05, 0) is 42.5 Å². The van der Waals surface area contributed by atoms with Crippen LogP contribution in [0.3, 0.4) is 0 Å². The van der Waals surface area contributed by atoms with E-state index in [2.05, 4.69) is 22.1 Å². The molecule has 2 heterocycles. The predicted octanol–water partition coefficient (Wildman–Crippen LogP) is 3.35. The number of fused-ring (bicyclic) bond motifs is 1. The van der Waals surface area contributed by atoms with Gasteiger partial charge in [-0.3, -0.25) is 14.0 Å². The molecule has 0 spiro atoms. The number of pyridine rings is 1. The Morgan fingerprint density at radius 3 is 2.50 bits per heavy atom. The first kappa shape index (κ1) is 17.3. The zero-order valence-electron chi connectivity index (χ0n) is 14.8. The standard InChI is InChI=1S/C23H15N3O2/c27-22(20-16-24-21-11-4-5-14-26(21)23(20)28)25-19-10-6-9-18(15-19)13-12-17-7-2-1-3-8-17/h1-11,14-16H,(H,25,27). The summed E-state index contributed by atoms with van der Waals surface area (Å²) in [5.74, 6) is 5.64. The molecule has 0 aliphatic carbocycles. The quantitative estimate of drug-likeness (QED) is 0.554. The maximum absolute atomic E-state index is 12.6. The highest BCUT2D eigenvalue weighted by molar-refractivity contribution is 6.04. The summed E-state index contributed by atoms with van der Waals surface area (Å²) in [6.45, 7) is 0. The number of rotatable bonds is 2. The summed E-state index contributed by atoms with van der Waals surface area (Å²) in [5.41, 5.74) is 2.28. The van der Waals surface area contributed by atoms with E-state index in [0.29, 0.717) is 11.3 Å². The Balaban J connectivity index is 1.58. The summed E-state index contributed by atoms with van der Waals surface area (Å²) < 4.78 is 1.34. The van der Waals surface area contributed by atoms with E-state index in [0.717, 1.165) is 11.1 Å². The topological polar surface area (TPSA) is 63.5 Å². The Morgan fingerprint density at radius 2 is 1.64 bits per heavy atom. The van der Waals surface area contributed by atoms with E-state index in [1.165, 1.54) is 10.6 Å². The highest BCUT2D eigenvalue weighted by Crippen LogP contribution is 2.11. The van der Waals surface area contributed by atoms with Gasteiger partial charge >= 0.3 is 0 Å². The number of benzene rings is 2. The number of anilines is 1. The number of hydrogen-bond acceptors (Lipinski definition) is 3. The number of carbonyl (C=O) groups is 1. The molecule has 1 amide bonds. The lowest BCUT2D eigenvalue weighted by atomic mass is 10.1. The molecule has 1 N–H and O–H groups in total. The summed E-state index contributed by atoms with van der Waals surface area (Å²) in [6, 6.07) is 22.0. The minimum atomic E-state index is -0.510. The second-order valence-corrected chi connectivity index (χ2v) is 6.06. The van der Waals surface area contributed by atoms with Crippen molar-refractivity contribution in [2.75, 3.05) is 5.32 Å². The zero-order chi connectivity index (χ0) is 19.3. The van der Waals surface area contributed by atoms with Gasteiger partial charge in [0.05, 0.1) is 0 Å². The third kappa shape index (κ3) is 3.67. The normalized spacial score (nSPS) is 10.1. The molecule has 4 aromatic rings. The predicted molar refractivity (Wildman–Crippen MR) is 108 cm³/mol. The minimum Gasteiger partial charge on any atom is -0.322 e. The summed E-state index contributed by atoms with van der Waals surface area (Å²) in [7, 11) is 0. The Labute approximate surface area is 161 Å². The smallest absolute Gasteiger partial charge is 0.270 e. The molecule has 0 atom stereocenters. The third-order valence-electron chi connectivity index (χ3n) is 4.10. The number of nitrogens with zero attached hydrogens (tertiary/aromatic N) is 2. The summed E-state index contributed by atoms with van der Waals surface area (Å²) in [5, 5.41) is 2.74. The van der Waals surface area contributed by atoms with E-state index in [1.54, 1.807) is 42.6 Å². The van der Waals surface area contributed by atoms with Gasteiger partial charge in [0, 0.05) is 29.2 Å². The number of nitrogens with one attached hydrogen (secondary N) is 1. The third-order valence-corrected chi connectivity index (χ3v) is 4.10. The molecule has 0 aliphatic heterocycles. The number of carbonyl (C=O) groups excluding carboxylic acids is 1. The van der Waals surface area contributed by atoms with Gasteiger partial charge in [0.2, 0.25) is 0 Å². The van der Waals surface area contributed by atoms with Crippen LogP contribution in [0.4, 0.5) is 5.69 Å². The molecule has 2 aromatic carbocycles. The fourth-order valence-electron chi connectivity index (χ4n) is 2.72. The first-order chi connectivity index (χ1) is 13.7. The van der Waals surface area contributed by atoms with Crippen molar-refractivity contribution in [3.8, 4) is 11.8 Å². The lowest BCUT2D eigenvalue weighted by molar-refractivity contribution is 0.102. The van der Waals surface area contributed by atoms with E-state index in [1.807, 2.05) is 36.4 Å². The lowest BCUT2D eigenvalue weighted by Crippen LogP contribution is -2.26. The average molecular weight is 365 g/mol. The van der Waals surface area contributed by atoms with Crippen LogP contribution in [-0.4, -0.2) is 15.3 Å². The van der Waals surface area contributed by atoms with E-state index in [-0.39, 0.29) is 5.56 Å². The van der Waals surface area contributed by atoms with Crippen molar-refractivity contribution in [2.45, 2.75) is 0 Å². The molecule has 5 heteroatoms. The molecule has 0 saturated heterocycles. The molecule has 0 saturated carbocycles. The Kier molecular flexibility index (Phi) is 4.68. The van der Waals surface area contributed by atoms with Gasteiger partial charge < -0.3 is 5.32 Å². The van der Waals surface area contributed by atoms with Crippen LogP contribution in [0.25, 0.3) is 5.65 Å². The first-order valence-electron chi connectivity index (χ1n) is 8.65. The van der Waals surface area contributed by atoms with Crippen LogP contribution >= 0.6 is 0 Å². The second kappa shape index (κ2) is 7.60. The van der Waals surface area contributed by atoms with E-state index >= 15 is 0 Å². The van der Waals surface area contributed by atoms with Gasteiger partial charge in [-0.15, -0.1) is 0 Å². The van der Waals surface area contributed by atoms with Crippen LogP contribution in [-0.2, 0) is 0 Å². The number of aromatic nitrogens is 2. The summed E-state index contributed by atoms with van der Waals surface area (Å²) in [4.78, 5) is 29.3. The van der Waals surface area contributed by atoms with Crippen molar-refractivity contribution >= 4 is 17.2 Å². The SMILES string of the molecule is O=C(Nc1cccc(C#Cc2ccccc2)c1)c1cnc2ccccn2c1=O. The Bertz CT molecular complexity index is 1280. The Morgan fingerprint density at radius 1 is 0.893 bits per heavy atom. The maximum atomic E-state index is 12.6. The maximum Gasteiger partial charge on any atom is 0.270 e. The number of amides is 1. The summed E-state index contributed by atoms with van der Waals surface area (Å²) >= 11 is 0. The number of hydrogen-bond donors (Lipinski definition) is 1. The van der Waals surface area contributed by atoms with Crippen LogP contribution in [0.1, 0.15) is 21.5 Å². The van der Waals surface area contributed by atoms with Crippen molar-refractivity contribution in [3.63, 3.8) is 0 Å². The molecule has 0 bridgehead atoms. The van der Waals surface area contributed by atoms with Crippen molar-refractivity contribution in [3.05, 3.63) is 112 Å². The molecule has 134 valence electrons. The first-order valence-corrected chi connectivity index (χ1v) is 8.65. The largest absolute Gasteiger partial charge is 0.322 e. The summed E-state index contributed by atoms with van der Waals surface area (Å²) in [6.07, 6.45) is 2.88. The van der Waals surface area contributed by atoms with E-state index in [4.69, 9.17) is 0 Å². The van der Waals surface area contributed by atoms with Crippen LogP contribution < -0.4 is 10.9 Å². The van der Waals surface area contributed by atoms with Gasteiger partial charge in [0.25, 0.3) is 11.5 Å².